The molecule has 1 aliphatic carbocycles. The van der Waals surface area contributed by atoms with E-state index >= 15 is 0 Å². The fraction of sp³-hybridized carbons (Fsp3) is 0.400. The van der Waals surface area contributed by atoms with Gasteiger partial charge < -0.3 is 19.5 Å². The summed E-state index contributed by atoms with van der Waals surface area (Å²) in [5, 5.41) is 2.77. The second-order valence-electron chi connectivity index (χ2n) is 4.82. The number of rotatable bonds is 6. The zero-order valence-corrected chi connectivity index (χ0v) is 12.4. The topological polar surface area (TPSA) is 90.9 Å². The number of nitrogens with one attached hydrogen (secondary N) is 1. The van der Waals surface area contributed by atoms with E-state index in [2.05, 4.69) is 14.8 Å². The Morgan fingerprint density at radius 1 is 1.14 bits per heavy atom. The number of esters is 2. The molecule has 22 heavy (non-hydrogen) atoms. The summed E-state index contributed by atoms with van der Waals surface area (Å²) >= 11 is 0. The van der Waals surface area contributed by atoms with E-state index in [4.69, 9.17) is 4.74 Å². The second-order valence-corrected chi connectivity index (χ2v) is 4.82. The highest BCUT2D eigenvalue weighted by molar-refractivity contribution is 5.97. The molecule has 7 nitrogen and oxygen atoms in total. The van der Waals surface area contributed by atoms with E-state index in [1.54, 1.807) is 0 Å². The van der Waals surface area contributed by atoms with Crippen LogP contribution in [-0.2, 0) is 14.3 Å². The number of methoxy groups -OCH3 is 2. The third-order valence-electron chi connectivity index (χ3n) is 3.11. The molecule has 0 bridgehead atoms. The normalized spacial score (nSPS) is 13.2. The summed E-state index contributed by atoms with van der Waals surface area (Å²) in [6, 6.07) is 4.43. The van der Waals surface area contributed by atoms with Crippen LogP contribution in [-0.4, -0.2) is 44.7 Å². The highest BCUT2D eigenvalue weighted by Gasteiger charge is 2.24. The first-order valence-electron chi connectivity index (χ1n) is 6.78. The lowest BCUT2D eigenvalue weighted by atomic mass is 10.1. The van der Waals surface area contributed by atoms with Crippen molar-refractivity contribution in [3.8, 4) is 5.75 Å². The smallest absolute Gasteiger partial charge is 0.341 e. The average molecular weight is 307 g/mol. The van der Waals surface area contributed by atoms with Crippen LogP contribution in [0.25, 0.3) is 0 Å². The van der Waals surface area contributed by atoms with E-state index in [1.807, 2.05) is 0 Å². The fourth-order valence-corrected chi connectivity index (χ4v) is 1.81. The third-order valence-corrected chi connectivity index (χ3v) is 3.11. The summed E-state index contributed by atoms with van der Waals surface area (Å²) in [5.74, 6) is -1.33. The fourth-order valence-electron chi connectivity index (χ4n) is 1.81. The standard InChI is InChI=1S/C15H17NO6/c1-20-14(18)9-3-6-12(11(7-9)15(19)21-2)22-8-13(17)16-10-4-5-10/h3,6-7,10H,4-5,8H2,1-2H3,(H,16,17). The Bertz CT molecular complexity index is 594. The first-order chi connectivity index (χ1) is 10.5. The van der Waals surface area contributed by atoms with Crippen LogP contribution < -0.4 is 10.1 Å². The molecule has 0 aromatic heterocycles. The molecular weight excluding hydrogens is 290 g/mol. The van der Waals surface area contributed by atoms with E-state index < -0.39 is 11.9 Å². The maximum atomic E-state index is 11.8. The number of amides is 1. The lowest BCUT2D eigenvalue weighted by Crippen LogP contribution is -2.30. The van der Waals surface area contributed by atoms with Crippen LogP contribution in [0.5, 0.6) is 5.75 Å². The van der Waals surface area contributed by atoms with Crippen LogP contribution in [0.3, 0.4) is 0 Å². The highest BCUT2D eigenvalue weighted by atomic mass is 16.5. The summed E-state index contributed by atoms with van der Waals surface area (Å²) in [6.07, 6.45) is 1.96. The molecule has 0 saturated heterocycles. The summed E-state index contributed by atoms with van der Waals surface area (Å²) in [7, 11) is 2.46. The van der Waals surface area contributed by atoms with Crippen LogP contribution in [0.15, 0.2) is 18.2 Å². The first kappa shape index (κ1) is 15.8. The van der Waals surface area contributed by atoms with Gasteiger partial charge in [0, 0.05) is 6.04 Å². The van der Waals surface area contributed by atoms with Gasteiger partial charge in [-0.2, -0.15) is 0 Å². The predicted molar refractivity (Wildman–Crippen MR) is 75.8 cm³/mol. The van der Waals surface area contributed by atoms with Crippen LogP contribution >= 0.6 is 0 Å². The summed E-state index contributed by atoms with van der Waals surface area (Å²) < 4.78 is 14.6. The number of ether oxygens (including phenoxy) is 3. The van der Waals surface area contributed by atoms with Gasteiger partial charge in [-0.15, -0.1) is 0 Å². The number of benzene rings is 1. The minimum atomic E-state index is -0.664. The van der Waals surface area contributed by atoms with Crippen molar-refractivity contribution in [2.45, 2.75) is 18.9 Å². The first-order valence-corrected chi connectivity index (χ1v) is 6.78. The molecule has 1 fully saturated rings. The Morgan fingerprint density at radius 2 is 1.82 bits per heavy atom. The van der Waals surface area contributed by atoms with E-state index in [-0.39, 0.29) is 35.4 Å². The zero-order valence-electron chi connectivity index (χ0n) is 12.4. The van der Waals surface area contributed by atoms with E-state index in [9.17, 15) is 14.4 Å². The van der Waals surface area contributed by atoms with Crippen molar-refractivity contribution in [3.05, 3.63) is 29.3 Å². The average Bonchev–Trinajstić information content (AvgIpc) is 3.35. The molecular formula is C15H17NO6. The van der Waals surface area contributed by atoms with Crippen molar-refractivity contribution in [1.29, 1.82) is 0 Å². The van der Waals surface area contributed by atoms with Gasteiger partial charge in [-0.1, -0.05) is 0 Å². The van der Waals surface area contributed by atoms with E-state index in [0.717, 1.165) is 12.8 Å². The van der Waals surface area contributed by atoms with Crippen molar-refractivity contribution in [2.24, 2.45) is 0 Å². The maximum Gasteiger partial charge on any atom is 0.341 e. The minimum absolute atomic E-state index is 0.0598. The minimum Gasteiger partial charge on any atom is -0.483 e. The van der Waals surface area contributed by atoms with Gasteiger partial charge in [0.15, 0.2) is 6.61 Å². The van der Waals surface area contributed by atoms with E-state index in [1.165, 1.54) is 32.4 Å². The molecule has 0 heterocycles. The molecule has 1 aliphatic rings. The molecule has 1 N–H and O–H groups in total. The number of hydrogen-bond donors (Lipinski definition) is 1. The van der Waals surface area contributed by atoms with Gasteiger partial charge in [0.25, 0.3) is 5.91 Å². The highest BCUT2D eigenvalue weighted by Crippen LogP contribution is 2.22. The van der Waals surface area contributed by atoms with Crippen molar-refractivity contribution in [3.63, 3.8) is 0 Å². The van der Waals surface area contributed by atoms with Gasteiger partial charge in [0.05, 0.1) is 19.8 Å². The van der Waals surface area contributed by atoms with Crippen molar-refractivity contribution in [1.82, 2.24) is 5.32 Å². The van der Waals surface area contributed by atoms with Gasteiger partial charge in [-0.25, -0.2) is 9.59 Å². The molecule has 1 aromatic carbocycles. The molecule has 2 rings (SSSR count). The number of hydrogen-bond acceptors (Lipinski definition) is 6. The Kier molecular flexibility index (Phi) is 4.98. The van der Waals surface area contributed by atoms with Crippen molar-refractivity contribution in [2.75, 3.05) is 20.8 Å². The molecule has 1 amide bonds. The summed E-state index contributed by atoms with van der Waals surface area (Å²) in [5.41, 5.74) is 0.252. The zero-order chi connectivity index (χ0) is 16.1. The van der Waals surface area contributed by atoms with Gasteiger partial charge in [0.1, 0.15) is 11.3 Å². The van der Waals surface area contributed by atoms with Gasteiger partial charge in [-0.3, -0.25) is 4.79 Å². The molecule has 1 aromatic rings. The second kappa shape index (κ2) is 6.93. The van der Waals surface area contributed by atoms with Crippen molar-refractivity contribution < 1.29 is 28.6 Å². The molecule has 0 aliphatic heterocycles. The summed E-state index contributed by atoms with van der Waals surface area (Å²) in [4.78, 5) is 34.9. The molecule has 7 heteroatoms. The van der Waals surface area contributed by atoms with E-state index in [0.29, 0.717) is 0 Å². The monoisotopic (exact) mass is 307 g/mol. The SMILES string of the molecule is COC(=O)c1ccc(OCC(=O)NC2CC2)c(C(=O)OC)c1. The molecule has 118 valence electrons. The Morgan fingerprint density at radius 3 is 2.41 bits per heavy atom. The molecule has 0 atom stereocenters. The van der Waals surface area contributed by atoms with Crippen molar-refractivity contribution >= 4 is 17.8 Å². The van der Waals surface area contributed by atoms with Crippen LogP contribution in [0, 0.1) is 0 Å². The predicted octanol–water partition coefficient (Wildman–Crippen LogP) is 0.917. The summed E-state index contributed by atoms with van der Waals surface area (Å²) in [6.45, 7) is -0.210. The van der Waals surface area contributed by atoms with Gasteiger partial charge in [-0.05, 0) is 31.0 Å². The lowest BCUT2D eigenvalue weighted by molar-refractivity contribution is -0.123. The Labute approximate surface area is 127 Å². The van der Waals surface area contributed by atoms with Gasteiger partial charge >= 0.3 is 11.9 Å². The molecule has 1 saturated carbocycles. The molecule has 0 unspecified atom stereocenters. The Balaban J connectivity index is 2.12. The largest absolute Gasteiger partial charge is 0.483 e. The van der Waals surface area contributed by atoms with Gasteiger partial charge in [0.2, 0.25) is 0 Å². The maximum absolute atomic E-state index is 11.8. The number of carbonyl (C=O) groups is 3. The Hall–Kier alpha value is -2.57. The molecule has 0 radical (unpaired) electrons. The van der Waals surface area contributed by atoms with Crippen LogP contribution in [0.4, 0.5) is 0 Å². The third kappa shape index (κ3) is 3.97. The number of carbonyl (C=O) groups excluding carboxylic acids is 3. The molecule has 0 spiro atoms. The lowest BCUT2D eigenvalue weighted by Gasteiger charge is -2.11. The quantitative estimate of drug-likeness (QED) is 0.786. The van der Waals surface area contributed by atoms with Crippen LogP contribution in [0.1, 0.15) is 33.6 Å². The van der Waals surface area contributed by atoms with Crippen LogP contribution in [0.2, 0.25) is 0 Å².